The lowest BCUT2D eigenvalue weighted by Crippen LogP contribution is -2.37. The highest BCUT2D eigenvalue weighted by molar-refractivity contribution is 5.85. The van der Waals surface area contributed by atoms with Gasteiger partial charge in [-0.3, -0.25) is 4.79 Å². The number of carbonyl (C=O) groups excluding carboxylic acids is 1. The molecule has 0 aliphatic carbocycles. The zero-order valence-electron chi connectivity index (χ0n) is 12.1. The number of hydrogen-bond acceptors (Lipinski definition) is 2. The average molecular weight is 325 g/mol. The van der Waals surface area contributed by atoms with Crippen LogP contribution in [-0.2, 0) is 11.0 Å². The van der Waals surface area contributed by atoms with Crippen molar-refractivity contribution < 1.29 is 18.0 Å². The van der Waals surface area contributed by atoms with E-state index in [0.717, 1.165) is 12.1 Å². The lowest BCUT2D eigenvalue weighted by Gasteiger charge is -2.23. The van der Waals surface area contributed by atoms with E-state index in [2.05, 4.69) is 10.6 Å². The minimum Gasteiger partial charge on any atom is -0.348 e. The first kappa shape index (κ1) is 19.7. The molecule has 0 fully saturated rings. The van der Waals surface area contributed by atoms with Crippen molar-refractivity contribution >= 4 is 18.3 Å². The van der Waals surface area contributed by atoms with Gasteiger partial charge in [-0.1, -0.05) is 26.0 Å². The van der Waals surface area contributed by atoms with Crippen molar-refractivity contribution in [2.45, 2.75) is 26.1 Å². The van der Waals surface area contributed by atoms with Crippen molar-refractivity contribution in [3.8, 4) is 0 Å². The summed E-state index contributed by atoms with van der Waals surface area (Å²) in [5.74, 6) is -0.112. The molecule has 21 heavy (non-hydrogen) atoms. The highest BCUT2D eigenvalue weighted by Crippen LogP contribution is 2.31. The van der Waals surface area contributed by atoms with E-state index in [-0.39, 0.29) is 36.8 Å². The van der Waals surface area contributed by atoms with Gasteiger partial charge in [0, 0.05) is 0 Å². The molecule has 1 amide bonds. The number of likely N-dealkylation sites (N-methyl/N-ethyl adjacent to an activating group) is 1. The normalized spacial score (nSPS) is 12.7. The first-order valence-electron chi connectivity index (χ1n) is 6.36. The SMILES string of the molecule is CNCC(=O)NC(c1ccc(C(F)(F)F)cc1)C(C)C.Cl. The van der Waals surface area contributed by atoms with Gasteiger partial charge in [0.2, 0.25) is 5.91 Å². The quantitative estimate of drug-likeness (QED) is 0.873. The van der Waals surface area contributed by atoms with Crippen LogP contribution < -0.4 is 10.6 Å². The minimum atomic E-state index is -4.35. The van der Waals surface area contributed by atoms with Gasteiger partial charge in [-0.2, -0.15) is 13.2 Å². The second-order valence-electron chi connectivity index (χ2n) is 4.94. The Balaban J connectivity index is 0.00000400. The molecule has 2 N–H and O–H groups in total. The molecule has 1 unspecified atom stereocenters. The van der Waals surface area contributed by atoms with Gasteiger partial charge in [0.1, 0.15) is 0 Å². The molecule has 1 rings (SSSR count). The summed E-state index contributed by atoms with van der Waals surface area (Å²) in [6.07, 6.45) is -4.35. The van der Waals surface area contributed by atoms with Crippen LogP contribution in [0, 0.1) is 5.92 Å². The number of hydrogen-bond donors (Lipinski definition) is 2. The van der Waals surface area contributed by atoms with E-state index < -0.39 is 11.7 Å². The fraction of sp³-hybridized carbons (Fsp3) is 0.500. The smallest absolute Gasteiger partial charge is 0.348 e. The molecule has 1 atom stereocenters. The molecule has 0 bridgehead atoms. The van der Waals surface area contributed by atoms with Crippen molar-refractivity contribution in [2.75, 3.05) is 13.6 Å². The van der Waals surface area contributed by atoms with Crippen LogP contribution in [0.3, 0.4) is 0 Å². The van der Waals surface area contributed by atoms with Crippen LogP contribution in [0.25, 0.3) is 0 Å². The summed E-state index contributed by atoms with van der Waals surface area (Å²) in [4.78, 5) is 11.6. The van der Waals surface area contributed by atoms with Crippen molar-refractivity contribution in [3.05, 3.63) is 35.4 Å². The van der Waals surface area contributed by atoms with Crippen LogP contribution in [0.4, 0.5) is 13.2 Å². The first-order chi connectivity index (χ1) is 9.25. The van der Waals surface area contributed by atoms with Crippen LogP contribution in [0.15, 0.2) is 24.3 Å². The predicted molar refractivity (Wildman–Crippen MR) is 78.3 cm³/mol. The third-order valence-corrected chi connectivity index (χ3v) is 2.92. The standard InChI is InChI=1S/C14H19F3N2O.ClH/c1-9(2)13(19-12(20)8-18-3)10-4-6-11(7-5-10)14(15,16)17;/h4-7,9,13,18H,8H2,1-3H3,(H,19,20);1H. The van der Waals surface area contributed by atoms with Gasteiger partial charge in [0.25, 0.3) is 0 Å². The molecule has 3 nitrogen and oxygen atoms in total. The molecular formula is C14H20ClF3N2O. The van der Waals surface area contributed by atoms with E-state index in [1.165, 1.54) is 12.1 Å². The van der Waals surface area contributed by atoms with Gasteiger partial charge in [0.05, 0.1) is 18.2 Å². The molecule has 0 radical (unpaired) electrons. The Morgan fingerprint density at radius 1 is 1.19 bits per heavy atom. The molecule has 1 aromatic carbocycles. The number of nitrogens with one attached hydrogen (secondary N) is 2. The lowest BCUT2D eigenvalue weighted by atomic mass is 9.95. The Labute approximate surface area is 128 Å². The fourth-order valence-electron chi connectivity index (χ4n) is 1.90. The van der Waals surface area contributed by atoms with Gasteiger partial charge >= 0.3 is 6.18 Å². The van der Waals surface area contributed by atoms with E-state index >= 15 is 0 Å². The minimum absolute atomic E-state index is 0. The van der Waals surface area contributed by atoms with E-state index in [4.69, 9.17) is 0 Å². The average Bonchev–Trinajstić information content (AvgIpc) is 2.35. The maximum absolute atomic E-state index is 12.5. The second-order valence-corrected chi connectivity index (χ2v) is 4.94. The molecular weight excluding hydrogens is 305 g/mol. The Morgan fingerprint density at radius 2 is 1.71 bits per heavy atom. The number of alkyl halides is 3. The van der Waals surface area contributed by atoms with E-state index in [9.17, 15) is 18.0 Å². The summed E-state index contributed by atoms with van der Waals surface area (Å²) in [6.45, 7) is 3.98. The summed E-state index contributed by atoms with van der Waals surface area (Å²) in [5.41, 5.74) is -0.0252. The monoisotopic (exact) mass is 324 g/mol. The fourth-order valence-corrected chi connectivity index (χ4v) is 1.90. The number of amides is 1. The molecule has 0 saturated heterocycles. The molecule has 0 spiro atoms. The van der Waals surface area contributed by atoms with Crippen LogP contribution >= 0.6 is 12.4 Å². The number of rotatable bonds is 5. The van der Waals surface area contributed by atoms with Crippen molar-refractivity contribution in [2.24, 2.45) is 5.92 Å². The van der Waals surface area contributed by atoms with Crippen molar-refractivity contribution in [1.82, 2.24) is 10.6 Å². The molecule has 0 heterocycles. The van der Waals surface area contributed by atoms with Gasteiger partial charge in [0.15, 0.2) is 0 Å². The molecule has 0 saturated carbocycles. The zero-order chi connectivity index (χ0) is 15.3. The topological polar surface area (TPSA) is 41.1 Å². The Kier molecular flexibility index (Phi) is 7.74. The Morgan fingerprint density at radius 3 is 2.10 bits per heavy atom. The van der Waals surface area contributed by atoms with E-state index in [0.29, 0.717) is 5.56 Å². The molecule has 7 heteroatoms. The van der Waals surface area contributed by atoms with Gasteiger partial charge in [-0.25, -0.2) is 0 Å². The summed E-state index contributed by atoms with van der Waals surface area (Å²) < 4.78 is 37.5. The summed E-state index contributed by atoms with van der Waals surface area (Å²) in [6, 6.07) is 4.59. The van der Waals surface area contributed by atoms with Gasteiger partial charge < -0.3 is 10.6 Å². The molecule has 0 aliphatic rings. The zero-order valence-corrected chi connectivity index (χ0v) is 12.9. The molecule has 1 aromatic rings. The van der Waals surface area contributed by atoms with Crippen LogP contribution in [-0.4, -0.2) is 19.5 Å². The molecule has 0 aliphatic heterocycles. The number of benzene rings is 1. The Hall–Kier alpha value is -1.27. The van der Waals surface area contributed by atoms with Crippen LogP contribution in [0.5, 0.6) is 0 Å². The third kappa shape index (κ3) is 5.93. The first-order valence-corrected chi connectivity index (χ1v) is 6.36. The summed E-state index contributed by atoms with van der Waals surface area (Å²) >= 11 is 0. The highest BCUT2D eigenvalue weighted by Gasteiger charge is 2.30. The molecule has 0 aromatic heterocycles. The van der Waals surface area contributed by atoms with Crippen molar-refractivity contribution in [1.29, 1.82) is 0 Å². The summed E-state index contributed by atoms with van der Waals surface area (Å²) in [7, 11) is 1.65. The van der Waals surface area contributed by atoms with Gasteiger partial charge in [-0.05, 0) is 30.7 Å². The maximum Gasteiger partial charge on any atom is 0.416 e. The highest BCUT2D eigenvalue weighted by atomic mass is 35.5. The maximum atomic E-state index is 12.5. The lowest BCUT2D eigenvalue weighted by molar-refractivity contribution is -0.137. The number of halogens is 4. The predicted octanol–water partition coefficient (Wildman–Crippen LogP) is 3.16. The largest absolute Gasteiger partial charge is 0.416 e. The van der Waals surface area contributed by atoms with Crippen molar-refractivity contribution in [3.63, 3.8) is 0 Å². The van der Waals surface area contributed by atoms with E-state index in [1.54, 1.807) is 7.05 Å². The Bertz CT molecular complexity index is 447. The number of carbonyl (C=O) groups is 1. The second kappa shape index (κ2) is 8.24. The molecule has 120 valence electrons. The van der Waals surface area contributed by atoms with E-state index in [1.807, 2.05) is 13.8 Å². The van der Waals surface area contributed by atoms with Gasteiger partial charge in [-0.15, -0.1) is 12.4 Å². The van der Waals surface area contributed by atoms with Crippen LogP contribution in [0.2, 0.25) is 0 Å². The van der Waals surface area contributed by atoms with Crippen LogP contribution in [0.1, 0.15) is 31.0 Å². The summed E-state index contributed by atoms with van der Waals surface area (Å²) in [5, 5.41) is 5.54. The third-order valence-electron chi connectivity index (χ3n) is 2.92.